The van der Waals surface area contributed by atoms with Gasteiger partial charge in [0.2, 0.25) is 0 Å². The summed E-state index contributed by atoms with van der Waals surface area (Å²) in [5.74, 6) is 0.918. The molecule has 1 atom stereocenters. The molecule has 0 aromatic heterocycles. The van der Waals surface area contributed by atoms with Gasteiger partial charge in [0, 0.05) is 12.6 Å². The molecule has 0 amide bonds. The molecule has 98 valence electrons. The van der Waals surface area contributed by atoms with Crippen molar-refractivity contribution in [3.63, 3.8) is 0 Å². The van der Waals surface area contributed by atoms with Gasteiger partial charge in [-0.1, -0.05) is 24.3 Å². The van der Waals surface area contributed by atoms with Crippen LogP contribution in [0, 0.1) is 0 Å². The highest BCUT2D eigenvalue weighted by Crippen LogP contribution is 2.15. The summed E-state index contributed by atoms with van der Waals surface area (Å²) in [6, 6.07) is 8.47. The fourth-order valence-electron chi connectivity index (χ4n) is 1.87. The SMILES string of the molecule is CC(C)Oc1ccc(/C=C/C2COCCN2)cc1. The largest absolute Gasteiger partial charge is 0.491 e. The van der Waals surface area contributed by atoms with Gasteiger partial charge < -0.3 is 14.8 Å². The second kappa shape index (κ2) is 6.57. The van der Waals surface area contributed by atoms with Crippen LogP contribution in [0.2, 0.25) is 0 Å². The highest BCUT2D eigenvalue weighted by atomic mass is 16.5. The van der Waals surface area contributed by atoms with Crippen LogP contribution in [0.5, 0.6) is 5.75 Å². The lowest BCUT2D eigenvalue weighted by Gasteiger charge is -2.20. The molecule has 1 N–H and O–H groups in total. The Kier molecular flexibility index (Phi) is 4.79. The number of hydrogen-bond donors (Lipinski definition) is 1. The minimum absolute atomic E-state index is 0.218. The molecule has 0 aliphatic carbocycles. The maximum absolute atomic E-state index is 5.61. The minimum Gasteiger partial charge on any atom is -0.491 e. The van der Waals surface area contributed by atoms with Crippen molar-refractivity contribution in [1.29, 1.82) is 0 Å². The van der Waals surface area contributed by atoms with E-state index in [1.54, 1.807) is 0 Å². The van der Waals surface area contributed by atoms with Crippen molar-refractivity contribution in [3.8, 4) is 5.75 Å². The maximum atomic E-state index is 5.61. The van der Waals surface area contributed by atoms with E-state index in [9.17, 15) is 0 Å². The molecule has 3 nitrogen and oxygen atoms in total. The molecule has 18 heavy (non-hydrogen) atoms. The normalized spacial score (nSPS) is 20.5. The van der Waals surface area contributed by atoms with Crippen LogP contribution < -0.4 is 10.1 Å². The monoisotopic (exact) mass is 247 g/mol. The van der Waals surface area contributed by atoms with E-state index in [0.717, 1.165) is 25.5 Å². The van der Waals surface area contributed by atoms with Crippen LogP contribution in [0.3, 0.4) is 0 Å². The Bertz CT molecular complexity index is 378. The quantitative estimate of drug-likeness (QED) is 0.886. The van der Waals surface area contributed by atoms with Gasteiger partial charge in [0.05, 0.1) is 19.3 Å². The molecular formula is C15H21NO2. The van der Waals surface area contributed by atoms with Crippen LogP contribution in [0.25, 0.3) is 6.08 Å². The first-order chi connectivity index (χ1) is 8.74. The molecule has 1 aromatic carbocycles. The molecule has 0 saturated carbocycles. The lowest BCUT2D eigenvalue weighted by Crippen LogP contribution is -2.39. The summed E-state index contributed by atoms with van der Waals surface area (Å²) in [5, 5.41) is 3.39. The van der Waals surface area contributed by atoms with Gasteiger partial charge in [-0.25, -0.2) is 0 Å². The van der Waals surface area contributed by atoms with Crippen LogP contribution >= 0.6 is 0 Å². The standard InChI is InChI=1S/C15H21NO2/c1-12(2)18-15-7-4-13(5-8-15)3-6-14-11-17-10-9-16-14/h3-8,12,14,16H,9-11H2,1-2H3/b6-3+. The molecule has 1 unspecified atom stereocenters. The summed E-state index contributed by atoms with van der Waals surface area (Å²) >= 11 is 0. The second-order valence-electron chi connectivity index (χ2n) is 4.73. The molecule has 3 heteroatoms. The maximum Gasteiger partial charge on any atom is 0.119 e. The number of rotatable bonds is 4. The number of ether oxygens (including phenoxy) is 2. The van der Waals surface area contributed by atoms with Gasteiger partial charge in [0.15, 0.2) is 0 Å². The summed E-state index contributed by atoms with van der Waals surface area (Å²) in [7, 11) is 0. The third-order valence-electron chi connectivity index (χ3n) is 2.72. The fraction of sp³-hybridized carbons (Fsp3) is 0.467. The van der Waals surface area contributed by atoms with Crippen molar-refractivity contribution in [2.75, 3.05) is 19.8 Å². The Balaban J connectivity index is 1.90. The zero-order valence-corrected chi connectivity index (χ0v) is 11.1. The molecular weight excluding hydrogens is 226 g/mol. The molecule has 1 saturated heterocycles. The van der Waals surface area contributed by atoms with Crippen molar-refractivity contribution in [3.05, 3.63) is 35.9 Å². The number of morpholine rings is 1. The van der Waals surface area contributed by atoms with Crippen LogP contribution in [0.15, 0.2) is 30.3 Å². The van der Waals surface area contributed by atoms with Crippen LogP contribution in [-0.4, -0.2) is 31.9 Å². The average molecular weight is 247 g/mol. The smallest absolute Gasteiger partial charge is 0.119 e. The third-order valence-corrected chi connectivity index (χ3v) is 2.72. The molecule has 0 spiro atoms. The molecule has 0 radical (unpaired) electrons. The van der Waals surface area contributed by atoms with Gasteiger partial charge in [-0.15, -0.1) is 0 Å². The zero-order chi connectivity index (χ0) is 12.8. The molecule has 1 aliphatic heterocycles. The van der Waals surface area contributed by atoms with Crippen LogP contribution in [0.4, 0.5) is 0 Å². The Labute approximate surface area is 109 Å². The van der Waals surface area contributed by atoms with Crippen molar-refractivity contribution in [2.45, 2.75) is 26.0 Å². The number of benzene rings is 1. The molecule has 1 heterocycles. The van der Waals surface area contributed by atoms with E-state index < -0.39 is 0 Å². The first-order valence-corrected chi connectivity index (χ1v) is 6.50. The lowest BCUT2D eigenvalue weighted by molar-refractivity contribution is 0.0903. The second-order valence-corrected chi connectivity index (χ2v) is 4.73. The van der Waals surface area contributed by atoms with E-state index in [1.807, 2.05) is 26.0 Å². The third kappa shape index (κ3) is 4.17. The molecule has 2 rings (SSSR count). The van der Waals surface area contributed by atoms with Gasteiger partial charge in [-0.2, -0.15) is 0 Å². The van der Waals surface area contributed by atoms with Gasteiger partial charge in [0.25, 0.3) is 0 Å². The molecule has 1 fully saturated rings. The van der Waals surface area contributed by atoms with Gasteiger partial charge in [-0.05, 0) is 31.5 Å². The predicted molar refractivity (Wildman–Crippen MR) is 73.8 cm³/mol. The predicted octanol–water partition coefficient (Wildman–Crippen LogP) is 2.48. The molecule has 1 aromatic rings. The molecule has 1 aliphatic rings. The van der Waals surface area contributed by atoms with Crippen LogP contribution in [0.1, 0.15) is 19.4 Å². The van der Waals surface area contributed by atoms with Crippen molar-refractivity contribution in [2.24, 2.45) is 0 Å². The summed E-state index contributed by atoms with van der Waals surface area (Å²) in [4.78, 5) is 0. The first-order valence-electron chi connectivity index (χ1n) is 6.50. The van der Waals surface area contributed by atoms with E-state index in [0.29, 0.717) is 6.04 Å². The minimum atomic E-state index is 0.218. The summed E-state index contributed by atoms with van der Waals surface area (Å²) in [6.45, 7) is 6.55. The summed E-state index contributed by atoms with van der Waals surface area (Å²) in [6.07, 6.45) is 4.48. The zero-order valence-electron chi connectivity index (χ0n) is 11.1. The van der Waals surface area contributed by atoms with E-state index >= 15 is 0 Å². The highest BCUT2D eigenvalue weighted by molar-refractivity contribution is 5.51. The summed E-state index contributed by atoms with van der Waals surface area (Å²) < 4.78 is 11.0. The highest BCUT2D eigenvalue weighted by Gasteiger charge is 2.08. The molecule has 0 bridgehead atoms. The van der Waals surface area contributed by atoms with E-state index in [2.05, 4.69) is 29.6 Å². The Morgan fingerprint density at radius 1 is 1.33 bits per heavy atom. The van der Waals surface area contributed by atoms with E-state index in [4.69, 9.17) is 9.47 Å². The van der Waals surface area contributed by atoms with Gasteiger partial charge >= 0.3 is 0 Å². The summed E-state index contributed by atoms with van der Waals surface area (Å²) in [5.41, 5.74) is 1.18. The Hall–Kier alpha value is -1.32. The van der Waals surface area contributed by atoms with Crippen molar-refractivity contribution >= 4 is 6.08 Å². The van der Waals surface area contributed by atoms with Crippen LogP contribution in [-0.2, 0) is 4.74 Å². The van der Waals surface area contributed by atoms with Gasteiger partial charge in [0.1, 0.15) is 5.75 Å². The topological polar surface area (TPSA) is 30.5 Å². The van der Waals surface area contributed by atoms with E-state index in [1.165, 1.54) is 5.56 Å². The van der Waals surface area contributed by atoms with E-state index in [-0.39, 0.29) is 6.10 Å². The van der Waals surface area contributed by atoms with Crippen molar-refractivity contribution < 1.29 is 9.47 Å². The van der Waals surface area contributed by atoms with Crippen molar-refractivity contribution in [1.82, 2.24) is 5.32 Å². The average Bonchev–Trinajstić information content (AvgIpc) is 2.38. The first kappa shape index (κ1) is 13.1. The lowest BCUT2D eigenvalue weighted by atomic mass is 10.1. The van der Waals surface area contributed by atoms with Gasteiger partial charge in [-0.3, -0.25) is 0 Å². The number of hydrogen-bond acceptors (Lipinski definition) is 3. The Morgan fingerprint density at radius 2 is 2.11 bits per heavy atom. The Morgan fingerprint density at radius 3 is 2.72 bits per heavy atom. The fourth-order valence-corrected chi connectivity index (χ4v) is 1.87. The number of nitrogens with one attached hydrogen (secondary N) is 1.